The van der Waals surface area contributed by atoms with Crippen LogP contribution in [0.4, 0.5) is 22.0 Å². The van der Waals surface area contributed by atoms with E-state index in [1.807, 2.05) is 0 Å². The van der Waals surface area contributed by atoms with E-state index in [-0.39, 0.29) is 25.9 Å². The standard InChI is InChI=1S/C8H10F5NO/c9-6(10)7(15)14-3-1-5(2-4-14)8(11,12)13/h5-6H,1-4H2. The van der Waals surface area contributed by atoms with Crippen molar-refractivity contribution in [1.29, 1.82) is 0 Å². The van der Waals surface area contributed by atoms with E-state index in [0.717, 1.165) is 4.90 Å². The summed E-state index contributed by atoms with van der Waals surface area (Å²) in [5.41, 5.74) is 0. The fourth-order valence-electron chi connectivity index (χ4n) is 1.57. The van der Waals surface area contributed by atoms with Crippen molar-refractivity contribution in [3.63, 3.8) is 0 Å². The van der Waals surface area contributed by atoms with E-state index < -0.39 is 24.4 Å². The lowest BCUT2D eigenvalue weighted by Crippen LogP contribution is -2.44. The molecular weight excluding hydrogens is 221 g/mol. The summed E-state index contributed by atoms with van der Waals surface area (Å²) < 4.78 is 60.4. The Morgan fingerprint density at radius 2 is 1.67 bits per heavy atom. The minimum Gasteiger partial charge on any atom is -0.338 e. The van der Waals surface area contributed by atoms with Crippen LogP contribution in [-0.2, 0) is 4.79 Å². The third-order valence-corrected chi connectivity index (χ3v) is 2.46. The summed E-state index contributed by atoms with van der Waals surface area (Å²) >= 11 is 0. The predicted octanol–water partition coefficient (Wildman–Crippen LogP) is 2.05. The minimum absolute atomic E-state index is 0.243. The summed E-state index contributed by atoms with van der Waals surface area (Å²) in [6.45, 7) is -0.485. The molecule has 88 valence electrons. The Bertz CT molecular complexity index is 232. The Balaban J connectivity index is 2.46. The first-order chi connectivity index (χ1) is 6.82. The van der Waals surface area contributed by atoms with Gasteiger partial charge in [0, 0.05) is 13.1 Å². The van der Waals surface area contributed by atoms with Crippen molar-refractivity contribution in [1.82, 2.24) is 4.90 Å². The van der Waals surface area contributed by atoms with Gasteiger partial charge in [0.2, 0.25) is 0 Å². The topological polar surface area (TPSA) is 20.3 Å². The highest BCUT2D eigenvalue weighted by molar-refractivity contribution is 5.79. The van der Waals surface area contributed by atoms with Crippen LogP contribution in [0.25, 0.3) is 0 Å². The van der Waals surface area contributed by atoms with E-state index in [1.54, 1.807) is 0 Å². The van der Waals surface area contributed by atoms with Crippen LogP contribution < -0.4 is 0 Å². The number of alkyl halides is 5. The van der Waals surface area contributed by atoms with Gasteiger partial charge < -0.3 is 4.90 Å². The van der Waals surface area contributed by atoms with Gasteiger partial charge in [-0.1, -0.05) is 0 Å². The highest BCUT2D eigenvalue weighted by atomic mass is 19.4. The molecule has 0 aromatic carbocycles. The highest BCUT2D eigenvalue weighted by Gasteiger charge is 2.42. The van der Waals surface area contributed by atoms with Crippen LogP contribution in [0.15, 0.2) is 0 Å². The Hall–Kier alpha value is -0.880. The fourth-order valence-corrected chi connectivity index (χ4v) is 1.57. The van der Waals surface area contributed by atoms with Crippen molar-refractivity contribution < 1.29 is 26.7 Å². The van der Waals surface area contributed by atoms with E-state index in [2.05, 4.69) is 0 Å². The number of nitrogens with zero attached hydrogens (tertiary/aromatic N) is 1. The van der Waals surface area contributed by atoms with E-state index in [9.17, 15) is 26.7 Å². The fraction of sp³-hybridized carbons (Fsp3) is 0.875. The Morgan fingerprint density at radius 1 is 1.20 bits per heavy atom. The molecule has 0 atom stereocenters. The zero-order valence-corrected chi connectivity index (χ0v) is 7.73. The summed E-state index contributed by atoms with van der Waals surface area (Å²) in [6.07, 6.45) is -8.00. The van der Waals surface area contributed by atoms with Crippen LogP contribution in [0.1, 0.15) is 12.8 Å². The summed E-state index contributed by atoms with van der Waals surface area (Å²) in [5, 5.41) is 0. The molecule has 0 bridgehead atoms. The van der Waals surface area contributed by atoms with Crippen LogP contribution in [0.3, 0.4) is 0 Å². The normalized spacial score (nSPS) is 19.7. The average molecular weight is 231 g/mol. The maximum atomic E-state index is 12.2. The third kappa shape index (κ3) is 3.04. The lowest BCUT2D eigenvalue weighted by Gasteiger charge is -2.32. The molecule has 1 amide bonds. The average Bonchev–Trinajstić information content (AvgIpc) is 2.15. The summed E-state index contributed by atoms with van der Waals surface area (Å²) in [5.74, 6) is -2.85. The molecule has 2 nitrogen and oxygen atoms in total. The molecule has 0 N–H and O–H groups in total. The summed E-state index contributed by atoms with van der Waals surface area (Å²) in [6, 6.07) is 0. The van der Waals surface area contributed by atoms with Gasteiger partial charge >= 0.3 is 12.6 Å². The second-order valence-electron chi connectivity index (χ2n) is 3.44. The largest absolute Gasteiger partial charge is 0.391 e. The van der Waals surface area contributed by atoms with Gasteiger partial charge in [0.05, 0.1) is 5.92 Å². The zero-order chi connectivity index (χ0) is 11.6. The Labute approximate surface area is 83.0 Å². The van der Waals surface area contributed by atoms with Crippen molar-refractivity contribution in [3.8, 4) is 0 Å². The molecule has 0 spiro atoms. The Kier molecular flexibility index (Phi) is 3.51. The molecule has 0 aromatic rings. The summed E-state index contributed by atoms with van der Waals surface area (Å²) in [4.78, 5) is 11.5. The number of amides is 1. The number of rotatable bonds is 1. The smallest absolute Gasteiger partial charge is 0.338 e. The van der Waals surface area contributed by atoms with Crippen molar-refractivity contribution in [2.75, 3.05) is 13.1 Å². The van der Waals surface area contributed by atoms with Crippen molar-refractivity contribution in [2.45, 2.75) is 25.4 Å². The number of likely N-dealkylation sites (tertiary alicyclic amines) is 1. The minimum atomic E-state index is -4.29. The molecule has 0 saturated carbocycles. The molecule has 0 unspecified atom stereocenters. The van der Waals surface area contributed by atoms with Gasteiger partial charge in [-0.05, 0) is 12.8 Å². The quantitative estimate of drug-likeness (QED) is 0.632. The van der Waals surface area contributed by atoms with Gasteiger partial charge in [-0.25, -0.2) is 0 Å². The van der Waals surface area contributed by atoms with Gasteiger partial charge in [-0.2, -0.15) is 22.0 Å². The molecule has 0 radical (unpaired) electrons. The van der Waals surface area contributed by atoms with Crippen LogP contribution in [0.5, 0.6) is 0 Å². The molecule has 1 aliphatic rings. The second-order valence-corrected chi connectivity index (χ2v) is 3.44. The maximum Gasteiger partial charge on any atom is 0.391 e. The van der Waals surface area contributed by atoms with Crippen LogP contribution in [0.2, 0.25) is 0 Å². The third-order valence-electron chi connectivity index (χ3n) is 2.46. The predicted molar refractivity (Wildman–Crippen MR) is 41.4 cm³/mol. The first-order valence-corrected chi connectivity index (χ1v) is 4.46. The van der Waals surface area contributed by atoms with Crippen molar-refractivity contribution in [2.24, 2.45) is 5.92 Å². The van der Waals surface area contributed by atoms with Gasteiger partial charge in [0.15, 0.2) is 0 Å². The molecule has 1 heterocycles. The van der Waals surface area contributed by atoms with Crippen LogP contribution in [0, 0.1) is 5.92 Å². The molecule has 7 heteroatoms. The molecule has 0 aliphatic carbocycles. The Morgan fingerprint density at radius 3 is 2.00 bits per heavy atom. The number of hydrogen-bond donors (Lipinski definition) is 0. The van der Waals surface area contributed by atoms with Crippen LogP contribution in [-0.4, -0.2) is 36.5 Å². The lowest BCUT2D eigenvalue weighted by molar-refractivity contribution is -0.187. The van der Waals surface area contributed by atoms with E-state index in [1.165, 1.54) is 0 Å². The first kappa shape index (κ1) is 12.2. The first-order valence-electron chi connectivity index (χ1n) is 4.46. The number of carbonyl (C=O) groups is 1. The molecular formula is C8H10F5NO. The van der Waals surface area contributed by atoms with Crippen molar-refractivity contribution >= 4 is 5.91 Å². The molecule has 0 aromatic heterocycles. The molecule has 1 rings (SSSR count). The van der Waals surface area contributed by atoms with Gasteiger partial charge in [-0.15, -0.1) is 0 Å². The molecule has 15 heavy (non-hydrogen) atoms. The van der Waals surface area contributed by atoms with Crippen LogP contribution >= 0.6 is 0 Å². The second kappa shape index (κ2) is 4.32. The number of piperidine rings is 1. The number of halogens is 5. The van der Waals surface area contributed by atoms with Gasteiger partial charge in [-0.3, -0.25) is 4.79 Å². The highest BCUT2D eigenvalue weighted by Crippen LogP contribution is 2.34. The van der Waals surface area contributed by atoms with E-state index in [4.69, 9.17) is 0 Å². The molecule has 1 saturated heterocycles. The zero-order valence-electron chi connectivity index (χ0n) is 7.73. The van der Waals surface area contributed by atoms with Gasteiger partial charge in [0.1, 0.15) is 0 Å². The van der Waals surface area contributed by atoms with E-state index >= 15 is 0 Å². The van der Waals surface area contributed by atoms with Crippen molar-refractivity contribution in [3.05, 3.63) is 0 Å². The number of carbonyl (C=O) groups excluding carboxylic acids is 1. The lowest BCUT2D eigenvalue weighted by atomic mass is 9.96. The molecule has 1 aliphatic heterocycles. The number of hydrogen-bond acceptors (Lipinski definition) is 1. The monoisotopic (exact) mass is 231 g/mol. The SMILES string of the molecule is O=C(C(F)F)N1CCC(C(F)(F)F)CC1. The molecule has 1 fully saturated rings. The maximum absolute atomic E-state index is 12.2. The summed E-state index contributed by atoms with van der Waals surface area (Å²) in [7, 11) is 0. The van der Waals surface area contributed by atoms with Gasteiger partial charge in [0.25, 0.3) is 5.91 Å². The van der Waals surface area contributed by atoms with E-state index in [0.29, 0.717) is 0 Å².